The minimum atomic E-state index is -0.336. The lowest BCUT2D eigenvalue weighted by atomic mass is 10.1. The summed E-state index contributed by atoms with van der Waals surface area (Å²) in [6.45, 7) is 1.12. The van der Waals surface area contributed by atoms with Crippen molar-refractivity contribution >= 4 is 16.7 Å². The van der Waals surface area contributed by atoms with Crippen molar-refractivity contribution in [2.75, 3.05) is 19.7 Å². The Morgan fingerprint density at radius 1 is 1.11 bits per heavy atom. The van der Waals surface area contributed by atoms with E-state index >= 15 is 0 Å². The molecule has 1 aliphatic rings. The van der Waals surface area contributed by atoms with E-state index in [-0.39, 0.29) is 24.4 Å². The number of hydrogen-bond acceptors (Lipinski definition) is 5. The maximum atomic E-state index is 12.9. The summed E-state index contributed by atoms with van der Waals surface area (Å²) in [7, 11) is 0. The van der Waals surface area contributed by atoms with Crippen molar-refractivity contribution in [3.8, 4) is 11.6 Å². The number of nitrogens with zero attached hydrogens (tertiary/aromatic N) is 3. The van der Waals surface area contributed by atoms with E-state index < -0.39 is 0 Å². The second-order valence-electron chi connectivity index (χ2n) is 6.68. The van der Waals surface area contributed by atoms with Crippen LogP contribution in [0.4, 0.5) is 4.39 Å². The highest BCUT2D eigenvalue weighted by molar-refractivity contribution is 5.85. The molecule has 2 aromatic carbocycles. The summed E-state index contributed by atoms with van der Waals surface area (Å²) in [6, 6.07) is 13.5. The number of amides is 1. The number of rotatable bonds is 5. The summed E-state index contributed by atoms with van der Waals surface area (Å²) in [6.07, 6.45) is 3.13. The molecule has 0 aliphatic carbocycles. The average molecular weight is 381 g/mol. The Hall–Kier alpha value is -3.22. The van der Waals surface area contributed by atoms with E-state index in [4.69, 9.17) is 9.47 Å². The fraction of sp³-hybridized carbons (Fsp3) is 0.286. The highest BCUT2D eigenvalue weighted by atomic mass is 19.1. The van der Waals surface area contributed by atoms with Crippen LogP contribution in [0, 0.1) is 5.82 Å². The van der Waals surface area contributed by atoms with Crippen molar-refractivity contribution in [1.29, 1.82) is 0 Å². The monoisotopic (exact) mass is 381 g/mol. The molecular weight excluding hydrogens is 361 g/mol. The Bertz CT molecular complexity index is 951. The molecule has 3 aromatic rings. The Morgan fingerprint density at radius 2 is 1.86 bits per heavy atom. The summed E-state index contributed by atoms with van der Waals surface area (Å²) in [5, 5.41) is 10.0. The molecule has 6 nitrogen and oxygen atoms in total. The molecular formula is C21H20FN3O3. The van der Waals surface area contributed by atoms with Crippen molar-refractivity contribution < 1.29 is 18.7 Å². The molecule has 0 spiro atoms. The summed E-state index contributed by atoms with van der Waals surface area (Å²) in [5.41, 5.74) is 0. The molecule has 0 radical (unpaired) electrons. The van der Waals surface area contributed by atoms with Gasteiger partial charge in [0.25, 0.3) is 5.91 Å². The van der Waals surface area contributed by atoms with Crippen LogP contribution >= 0.6 is 0 Å². The minimum absolute atomic E-state index is 0.0119. The van der Waals surface area contributed by atoms with Gasteiger partial charge in [0, 0.05) is 36.7 Å². The molecule has 144 valence electrons. The molecule has 1 aliphatic heterocycles. The first-order chi connectivity index (χ1) is 13.7. The molecule has 7 heteroatoms. The third kappa shape index (κ3) is 4.19. The van der Waals surface area contributed by atoms with Crippen LogP contribution < -0.4 is 9.47 Å². The predicted molar refractivity (Wildman–Crippen MR) is 102 cm³/mol. The zero-order valence-electron chi connectivity index (χ0n) is 15.3. The molecule has 0 atom stereocenters. The van der Waals surface area contributed by atoms with Crippen LogP contribution in [0.25, 0.3) is 10.8 Å². The van der Waals surface area contributed by atoms with Gasteiger partial charge < -0.3 is 14.4 Å². The van der Waals surface area contributed by atoms with E-state index in [1.165, 1.54) is 24.3 Å². The van der Waals surface area contributed by atoms with Crippen LogP contribution in [-0.2, 0) is 4.79 Å². The first-order valence-corrected chi connectivity index (χ1v) is 9.22. The van der Waals surface area contributed by atoms with Crippen LogP contribution in [-0.4, -0.2) is 46.8 Å². The van der Waals surface area contributed by atoms with E-state index in [1.54, 1.807) is 11.1 Å². The van der Waals surface area contributed by atoms with Crippen molar-refractivity contribution in [3.05, 3.63) is 60.5 Å². The Labute approximate surface area is 161 Å². The van der Waals surface area contributed by atoms with Crippen LogP contribution in [0.5, 0.6) is 11.6 Å². The molecule has 0 bridgehead atoms. The Morgan fingerprint density at radius 3 is 2.64 bits per heavy atom. The standard InChI is InChI=1S/C21H20FN3O3/c22-16-5-7-17(8-6-16)27-14-20(26)25-11-9-18(10-12-25)28-21-19-4-2-1-3-15(19)13-23-24-21/h1-8,13,18H,9-12,14H2. The Kier molecular flexibility index (Phi) is 5.32. The second kappa shape index (κ2) is 8.21. The Balaban J connectivity index is 1.29. The number of benzene rings is 2. The van der Waals surface area contributed by atoms with Gasteiger partial charge in [0.2, 0.25) is 5.88 Å². The smallest absolute Gasteiger partial charge is 0.260 e. The summed E-state index contributed by atoms with van der Waals surface area (Å²) < 4.78 is 24.4. The molecule has 28 heavy (non-hydrogen) atoms. The molecule has 1 amide bonds. The summed E-state index contributed by atoms with van der Waals surface area (Å²) >= 11 is 0. The van der Waals surface area contributed by atoms with Crippen molar-refractivity contribution in [2.45, 2.75) is 18.9 Å². The van der Waals surface area contributed by atoms with Crippen molar-refractivity contribution in [2.24, 2.45) is 0 Å². The van der Waals surface area contributed by atoms with Crippen LogP contribution in [0.3, 0.4) is 0 Å². The predicted octanol–water partition coefficient (Wildman–Crippen LogP) is 3.22. The molecule has 4 rings (SSSR count). The number of carbonyl (C=O) groups is 1. The van der Waals surface area contributed by atoms with Crippen molar-refractivity contribution in [3.63, 3.8) is 0 Å². The largest absolute Gasteiger partial charge is 0.484 e. The van der Waals surface area contributed by atoms with Gasteiger partial charge in [-0.05, 0) is 30.3 Å². The van der Waals surface area contributed by atoms with Gasteiger partial charge >= 0.3 is 0 Å². The first-order valence-electron chi connectivity index (χ1n) is 9.22. The maximum Gasteiger partial charge on any atom is 0.260 e. The molecule has 1 aromatic heterocycles. The quantitative estimate of drug-likeness (QED) is 0.679. The number of piperidine rings is 1. The van der Waals surface area contributed by atoms with E-state index in [1.807, 2.05) is 24.3 Å². The van der Waals surface area contributed by atoms with Gasteiger partial charge in [-0.2, -0.15) is 5.10 Å². The normalized spacial score (nSPS) is 14.8. The highest BCUT2D eigenvalue weighted by Gasteiger charge is 2.25. The van der Waals surface area contributed by atoms with E-state index in [2.05, 4.69) is 10.2 Å². The van der Waals surface area contributed by atoms with Gasteiger partial charge in [0.05, 0.1) is 6.20 Å². The van der Waals surface area contributed by atoms with Crippen LogP contribution in [0.1, 0.15) is 12.8 Å². The van der Waals surface area contributed by atoms with E-state index in [9.17, 15) is 9.18 Å². The number of aromatic nitrogens is 2. The van der Waals surface area contributed by atoms with Gasteiger partial charge in [-0.25, -0.2) is 4.39 Å². The van der Waals surface area contributed by atoms with E-state index in [0.29, 0.717) is 37.6 Å². The van der Waals surface area contributed by atoms with E-state index in [0.717, 1.165) is 10.8 Å². The number of likely N-dealkylation sites (tertiary alicyclic amines) is 1. The molecule has 1 fully saturated rings. The molecule has 0 unspecified atom stereocenters. The fourth-order valence-corrected chi connectivity index (χ4v) is 3.24. The number of fused-ring (bicyclic) bond motifs is 1. The number of carbonyl (C=O) groups excluding carboxylic acids is 1. The zero-order chi connectivity index (χ0) is 19.3. The van der Waals surface area contributed by atoms with Crippen molar-refractivity contribution in [1.82, 2.24) is 15.1 Å². The number of hydrogen-bond donors (Lipinski definition) is 0. The lowest BCUT2D eigenvalue weighted by Gasteiger charge is -2.32. The third-order valence-electron chi connectivity index (χ3n) is 4.79. The second-order valence-corrected chi connectivity index (χ2v) is 6.68. The highest BCUT2D eigenvalue weighted by Crippen LogP contribution is 2.25. The van der Waals surface area contributed by atoms with Gasteiger partial charge in [-0.1, -0.05) is 18.2 Å². The minimum Gasteiger partial charge on any atom is -0.484 e. The summed E-state index contributed by atoms with van der Waals surface area (Å²) in [4.78, 5) is 14.1. The summed E-state index contributed by atoms with van der Waals surface area (Å²) in [5.74, 6) is 0.578. The van der Waals surface area contributed by atoms with Gasteiger partial charge in [-0.3, -0.25) is 4.79 Å². The lowest BCUT2D eigenvalue weighted by molar-refractivity contribution is -0.135. The average Bonchev–Trinajstić information content (AvgIpc) is 2.74. The van der Waals surface area contributed by atoms with Crippen LogP contribution in [0.2, 0.25) is 0 Å². The number of ether oxygens (including phenoxy) is 2. The molecule has 0 N–H and O–H groups in total. The first kappa shape index (κ1) is 18.2. The van der Waals surface area contributed by atoms with Gasteiger partial charge in [-0.15, -0.1) is 5.10 Å². The molecule has 1 saturated heterocycles. The maximum absolute atomic E-state index is 12.9. The third-order valence-corrected chi connectivity index (χ3v) is 4.79. The SMILES string of the molecule is O=C(COc1ccc(F)cc1)N1CCC(Oc2nncc3ccccc23)CC1. The topological polar surface area (TPSA) is 64.5 Å². The molecule has 2 heterocycles. The van der Waals surface area contributed by atoms with Gasteiger partial charge in [0.1, 0.15) is 17.7 Å². The van der Waals surface area contributed by atoms with Gasteiger partial charge in [0.15, 0.2) is 6.61 Å². The number of halogens is 1. The molecule has 0 saturated carbocycles. The lowest BCUT2D eigenvalue weighted by Crippen LogP contribution is -2.43. The van der Waals surface area contributed by atoms with Crippen LogP contribution in [0.15, 0.2) is 54.7 Å². The zero-order valence-corrected chi connectivity index (χ0v) is 15.3. The fourth-order valence-electron chi connectivity index (χ4n) is 3.24.